The normalized spacial score (nSPS) is 16.7. The van der Waals surface area contributed by atoms with E-state index >= 15 is 0 Å². The van der Waals surface area contributed by atoms with Crippen LogP contribution in [0.15, 0.2) is 11.2 Å². The van der Waals surface area contributed by atoms with Crippen molar-refractivity contribution < 1.29 is 4.79 Å². The highest BCUT2D eigenvalue weighted by molar-refractivity contribution is 7.99. The van der Waals surface area contributed by atoms with Crippen LogP contribution in [0.4, 0.5) is 0 Å². The van der Waals surface area contributed by atoms with Crippen LogP contribution in [-0.2, 0) is 4.79 Å². The monoisotopic (exact) mass is 280 g/mol. The van der Waals surface area contributed by atoms with Crippen molar-refractivity contribution in [3.05, 3.63) is 17.5 Å². The maximum atomic E-state index is 12.1. The lowest BCUT2D eigenvalue weighted by atomic mass is 10.3. The summed E-state index contributed by atoms with van der Waals surface area (Å²) in [5.41, 5.74) is 1.89. The quantitative estimate of drug-likeness (QED) is 0.610. The smallest absolute Gasteiger partial charge is 0.233 e. The molecule has 1 aromatic heterocycles. The zero-order chi connectivity index (χ0) is 13.8. The summed E-state index contributed by atoms with van der Waals surface area (Å²) in [5, 5.41) is 0.694. The fourth-order valence-corrected chi connectivity index (χ4v) is 2.88. The van der Waals surface area contributed by atoms with Crippen molar-refractivity contribution in [3.63, 3.8) is 0 Å². The zero-order valence-electron chi connectivity index (χ0n) is 11.7. The van der Waals surface area contributed by atoms with E-state index in [0.717, 1.165) is 37.6 Å². The van der Waals surface area contributed by atoms with Crippen molar-refractivity contribution in [1.29, 1.82) is 0 Å². The molecule has 5 nitrogen and oxygen atoms in total. The molecule has 6 heteroatoms. The number of carbonyl (C=O) groups excluding carboxylic acids is 1. The first-order valence-corrected chi connectivity index (χ1v) is 7.44. The van der Waals surface area contributed by atoms with E-state index in [9.17, 15) is 4.79 Å². The second kappa shape index (κ2) is 6.34. The Labute approximate surface area is 118 Å². The second-order valence-corrected chi connectivity index (χ2v) is 5.85. The van der Waals surface area contributed by atoms with Gasteiger partial charge in [0.05, 0.1) is 5.75 Å². The minimum Gasteiger partial charge on any atom is -0.339 e. The highest BCUT2D eigenvalue weighted by atomic mass is 32.2. The Balaban J connectivity index is 1.86. The Bertz CT molecular complexity index is 438. The van der Waals surface area contributed by atoms with Gasteiger partial charge in [-0.15, -0.1) is 0 Å². The van der Waals surface area contributed by atoms with E-state index in [1.165, 1.54) is 11.8 Å². The van der Waals surface area contributed by atoms with E-state index in [1.807, 2.05) is 24.8 Å². The molecule has 1 fully saturated rings. The van der Waals surface area contributed by atoms with Gasteiger partial charge in [-0.1, -0.05) is 11.8 Å². The summed E-state index contributed by atoms with van der Waals surface area (Å²) < 4.78 is 0. The Morgan fingerprint density at radius 1 is 1.21 bits per heavy atom. The summed E-state index contributed by atoms with van der Waals surface area (Å²) in [6, 6.07) is 1.94. The van der Waals surface area contributed by atoms with Gasteiger partial charge >= 0.3 is 0 Å². The SMILES string of the molecule is Cc1cc(C)nc(SCC(=O)N2CCN(C)CC2)n1. The number of nitrogens with zero attached hydrogens (tertiary/aromatic N) is 4. The molecule has 0 unspecified atom stereocenters. The fourth-order valence-electron chi connectivity index (χ4n) is 2.03. The lowest BCUT2D eigenvalue weighted by molar-refractivity contribution is -0.129. The van der Waals surface area contributed by atoms with Gasteiger partial charge in [-0.05, 0) is 27.0 Å². The van der Waals surface area contributed by atoms with Crippen molar-refractivity contribution >= 4 is 17.7 Å². The molecule has 0 bridgehead atoms. The van der Waals surface area contributed by atoms with E-state index in [2.05, 4.69) is 21.9 Å². The van der Waals surface area contributed by atoms with E-state index < -0.39 is 0 Å². The first kappa shape index (κ1) is 14.3. The van der Waals surface area contributed by atoms with Gasteiger partial charge in [-0.3, -0.25) is 4.79 Å². The molecule has 0 spiro atoms. The van der Waals surface area contributed by atoms with Gasteiger partial charge < -0.3 is 9.80 Å². The third-order valence-electron chi connectivity index (χ3n) is 3.14. The minimum atomic E-state index is 0.181. The molecule has 19 heavy (non-hydrogen) atoms. The maximum Gasteiger partial charge on any atom is 0.233 e. The molecule has 2 rings (SSSR count). The number of amides is 1. The predicted molar refractivity (Wildman–Crippen MR) is 76.3 cm³/mol. The van der Waals surface area contributed by atoms with Crippen LogP contribution in [0.25, 0.3) is 0 Å². The number of rotatable bonds is 3. The molecule has 104 valence electrons. The molecule has 0 N–H and O–H groups in total. The number of piperazine rings is 1. The van der Waals surface area contributed by atoms with Gasteiger partial charge in [0.25, 0.3) is 0 Å². The molecule has 1 saturated heterocycles. The molecular formula is C13H20N4OS. The van der Waals surface area contributed by atoms with Crippen LogP contribution in [0, 0.1) is 13.8 Å². The summed E-state index contributed by atoms with van der Waals surface area (Å²) in [4.78, 5) is 24.9. The summed E-state index contributed by atoms with van der Waals surface area (Å²) in [5.74, 6) is 0.605. The molecule has 1 aromatic rings. The first-order chi connectivity index (χ1) is 9.04. The van der Waals surface area contributed by atoms with Crippen LogP contribution >= 0.6 is 11.8 Å². The predicted octanol–water partition coefficient (Wildman–Crippen LogP) is 0.960. The Hall–Kier alpha value is -1.14. The lowest BCUT2D eigenvalue weighted by Crippen LogP contribution is -2.47. The lowest BCUT2D eigenvalue weighted by Gasteiger charge is -2.32. The van der Waals surface area contributed by atoms with Crippen molar-refractivity contribution in [2.45, 2.75) is 19.0 Å². The Morgan fingerprint density at radius 3 is 2.37 bits per heavy atom. The Morgan fingerprint density at radius 2 is 1.79 bits per heavy atom. The molecule has 0 saturated carbocycles. The van der Waals surface area contributed by atoms with Crippen molar-refractivity contribution in [2.75, 3.05) is 39.0 Å². The number of aromatic nitrogens is 2. The highest BCUT2D eigenvalue weighted by Gasteiger charge is 2.19. The molecule has 0 aromatic carbocycles. The van der Waals surface area contributed by atoms with Crippen LogP contribution < -0.4 is 0 Å². The Kier molecular flexibility index (Phi) is 4.76. The number of thioether (sulfide) groups is 1. The third kappa shape index (κ3) is 4.18. The fraction of sp³-hybridized carbons (Fsp3) is 0.615. The molecule has 1 aliphatic heterocycles. The average Bonchev–Trinajstić information content (AvgIpc) is 2.36. The maximum absolute atomic E-state index is 12.1. The van der Waals surface area contributed by atoms with Crippen molar-refractivity contribution in [3.8, 4) is 0 Å². The molecule has 1 amide bonds. The molecular weight excluding hydrogens is 260 g/mol. The van der Waals surface area contributed by atoms with Crippen molar-refractivity contribution in [1.82, 2.24) is 19.8 Å². The van der Waals surface area contributed by atoms with Crippen LogP contribution in [0.5, 0.6) is 0 Å². The largest absolute Gasteiger partial charge is 0.339 e. The number of aryl methyl sites for hydroxylation is 2. The van der Waals surface area contributed by atoms with E-state index in [1.54, 1.807) is 0 Å². The van der Waals surface area contributed by atoms with Crippen LogP contribution in [0.3, 0.4) is 0 Å². The van der Waals surface area contributed by atoms with Gasteiger partial charge in [0, 0.05) is 37.6 Å². The minimum absolute atomic E-state index is 0.181. The molecule has 0 aliphatic carbocycles. The average molecular weight is 280 g/mol. The van der Waals surface area contributed by atoms with E-state index in [4.69, 9.17) is 0 Å². The second-order valence-electron chi connectivity index (χ2n) is 4.91. The summed E-state index contributed by atoms with van der Waals surface area (Å²) >= 11 is 1.42. The van der Waals surface area contributed by atoms with Gasteiger partial charge in [-0.2, -0.15) is 0 Å². The van der Waals surface area contributed by atoms with Crippen LogP contribution in [-0.4, -0.2) is 64.7 Å². The van der Waals surface area contributed by atoms with Gasteiger partial charge in [0.15, 0.2) is 5.16 Å². The zero-order valence-corrected chi connectivity index (χ0v) is 12.5. The van der Waals surface area contributed by atoms with Gasteiger partial charge in [0.2, 0.25) is 5.91 Å². The first-order valence-electron chi connectivity index (χ1n) is 6.46. The number of hydrogen-bond donors (Lipinski definition) is 0. The molecule has 1 aliphatic rings. The van der Waals surface area contributed by atoms with Crippen LogP contribution in [0.2, 0.25) is 0 Å². The topological polar surface area (TPSA) is 49.3 Å². The standard InChI is InChI=1S/C13H20N4OS/c1-10-8-11(2)15-13(14-10)19-9-12(18)17-6-4-16(3)5-7-17/h8H,4-7,9H2,1-3H3. The van der Waals surface area contributed by atoms with Gasteiger partial charge in [-0.25, -0.2) is 9.97 Å². The molecule has 0 atom stereocenters. The van der Waals surface area contributed by atoms with E-state index in [0.29, 0.717) is 10.9 Å². The highest BCUT2D eigenvalue weighted by Crippen LogP contribution is 2.15. The van der Waals surface area contributed by atoms with E-state index in [-0.39, 0.29) is 5.91 Å². The summed E-state index contributed by atoms with van der Waals surface area (Å²) in [6.45, 7) is 7.45. The number of likely N-dealkylation sites (N-methyl/N-ethyl adjacent to an activating group) is 1. The summed E-state index contributed by atoms with van der Waals surface area (Å²) in [7, 11) is 2.08. The van der Waals surface area contributed by atoms with Crippen LogP contribution in [0.1, 0.15) is 11.4 Å². The third-order valence-corrected chi connectivity index (χ3v) is 3.97. The molecule has 0 radical (unpaired) electrons. The summed E-state index contributed by atoms with van der Waals surface area (Å²) in [6.07, 6.45) is 0. The van der Waals surface area contributed by atoms with Gasteiger partial charge in [0.1, 0.15) is 0 Å². The van der Waals surface area contributed by atoms with Crippen molar-refractivity contribution in [2.24, 2.45) is 0 Å². The number of carbonyl (C=O) groups is 1. The molecule has 2 heterocycles. The number of hydrogen-bond acceptors (Lipinski definition) is 5.